The first-order valence-corrected chi connectivity index (χ1v) is 4.40. The lowest BCUT2D eigenvalue weighted by molar-refractivity contribution is 0.411. The Morgan fingerprint density at radius 2 is 2.08 bits per heavy atom. The van der Waals surface area contributed by atoms with E-state index in [1.165, 1.54) is 19.3 Å². The SMILES string of the molecule is CNc1nccnc1C1CCC1. The van der Waals surface area contributed by atoms with Crippen LogP contribution in [0.3, 0.4) is 0 Å². The lowest BCUT2D eigenvalue weighted by Gasteiger charge is -2.25. The highest BCUT2D eigenvalue weighted by molar-refractivity contribution is 5.41. The van der Waals surface area contributed by atoms with Crippen molar-refractivity contribution in [1.29, 1.82) is 0 Å². The molecule has 2 rings (SSSR count). The van der Waals surface area contributed by atoms with Crippen LogP contribution in [0.2, 0.25) is 0 Å². The molecule has 1 heterocycles. The zero-order chi connectivity index (χ0) is 8.39. The molecule has 0 radical (unpaired) electrons. The molecule has 1 N–H and O–H groups in total. The van der Waals surface area contributed by atoms with Gasteiger partial charge in [0.2, 0.25) is 0 Å². The largest absolute Gasteiger partial charge is 0.372 e. The van der Waals surface area contributed by atoms with Crippen LogP contribution in [0.5, 0.6) is 0 Å². The van der Waals surface area contributed by atoms with Gasteiger partial charge in [0.15, 0.2) is 0 Å². The summed E-state index contributed by atoms with van der Waals surface area (Å²) in [5.41, 5.74) is 1.14. The van der Waals surface area contributed by atoms with E-state index in [1.807, 2.05) is 7.05 Å². The normalized spacial score (nSPS) is 17.1. The van der Waals surface area contributed by atoms with Crippen LogP contribution >= 0.6 is 0 Å². The molecule has 1 aromatic rings. The number of nitrogens with one attached hydrogen (secondary N) is 1. The van der Waals surface area contributed by atoms with Crippen molar-refractivity contribution in [1.82, 2.24) is 9.97 Å². The molecule has 0 aliphatic heterocycles. The van der Waals surface area contributed by atoms with Gasteiger partial charge in [-0.25, -0.2) is 4.98 Å². The van der Waals surface area contributed by atoms with E-state index in [9.17, 15) is 0 Å². The molecule has 0 saturated heterocycles. The van der Waals surface area contributed by atoms with Gasteiger partial charge in [0.25, 0.3) is 0 Å². The number of rotatable bonds is 2. The van der Waals surface area contributed by atoms with Gasteiger partial charge in [-0.3, -0.25) is 4.98 Å². The molecule has 0 aromatic carbocycles. The van der Waals surface area contributed by atoms with E-state index >= 15 is 0 Å². The van der Waals surface area contributed by atoms with E-state index < -0.39 is 0 Å². The van der Waals surface area contributed by atoms with Gasteiger partial charge in [0.1, 0.15) is 5.82 Å². The molecule has 0 atom stereocenters. The first-order chi connectivity index (χ1) is 5.92. The molecule has 0 bridgehead atoms. The molecule has 1 aliphatic rings. The summed E-state index contributed by atoms with van der Waals surface area (Å²) in [6.45, 7) is 0. The summed E-state index contributed by atoms with van der Waals surface area (Å²) >= 11 is 0. The highest BCUT2D eigenvalue weighted by Gasteiger charge is 2.23. The topological polar surface area (TPSA) is 37.8 Å². The van der Waals surface area contributed by atoms with Gasteiger partial charge < -0.3 is 5.32 Å². The predicted molar refractivity (Wildman–Crippen MR) is 48.2 cm³/mol. The number of anilines is 1. The van der Waals surface area contributed by atoms with Crippen LogP contribution in [-0.2, 0) is 0 Å². The second-order valence-corrected chi connectivity index (χ2v) is 3.17. The maximum atomic E-state index is 4.35. The zero-order valence-electron chi connectivity index (χ0n) is 7.25. The Bertz CT molecular complexity index is 268. The van der Waals surface area contributed by atoms with Crippen LogP contribution in [-0.4, -0.2) is 17.0 Å². The molecule has 1 saturated carbocycles. The molecule has 0 unspecified atom stereocenters. The summed E-state index contributed by atoms with van der Waals surface area (Å²) in [5, 5.41) is 3.07. The van der Waals surface area contributed by atoms with Crippen molar-refractivity contribution in [2.24, 2.45) is 0 Å². The summed E-state index contributed by atoms with van der Waals surface area (Å²) in [6.07, 6.45) is 7.38. The highest BCUT2D eigenvalue weighted by Crippen LogP contribution is 2.37. The van der Waals surface area contributed by atoms with E-state index in [0.29, 0.717) is 5.92 Å². The van der Waals surface area contributed by atoms with E-state index in [2.05, 4.69) is 15.3 Å². The van der Waals surface area contributed by atoms with Crippen molar-refractivity contribution in [3.05, 3.63) is 18.1 Å². The van der Waals surface area contributed by atoms with Crippen LogP contribution in [0, 0.1) is 0 Å². The van der Waals surface area contributed by atoms with Crippen LogP contribution < -0.4 is 5.32 Å². The third kappa shape index (κ3) is 1.15. The summed E-state index contributed by atoms with van der Waals surface area (Å²) in [4.78, 5) is 8.57. The summed E-state index contributed by atoms with van der Waals surface area (Å²) in [6, 6.07) is 0. The minimum absolute atomic E-state index is 0.654. The van der Waals surface area contributed by atoms with Gasteiger partial charge >= 0.3 is 0 Å². The number of hydrogen-bond acceptors (Lipinski definition) is 3. The fraction of sp³-hybridized carbons (Fsp3) is 0.556. The fourth-order valence-electron chi connectivity index (χ4n) is 1.52. The average Bonchev–Trinajstić information content (AvgIpc) is 2.02. The highest BCUT2D eigenvalue weighted by atomic mass is 15.0. The molecule has 0 spiro atoms. The lowest BCUT2D eigenvalue weighted by Crippen LogP contribution is -2.13. The average molecular weight is 163 g/mol. The Balaban J connectivity index is 2.27. The van der Waals surface area contributed by atoms with Crippen LogP contribution in [0.4, 0.5) is 5.82 Å². The Kier molecular flexibility index (Phi) is 1.94. The molecule has 1 aromatic heterocycles. The van der Waals surface area contributed by atoms with Gasteiger partial charge in [-0.1, -0.05) is 6.42 Å². The molecular formula is C9H13N3. The van der Waals surface area contributed by atoms with Gasteiger partial charge in [-0.15, -0.1) is 0 Å². The predicted octanol–water partition coefficient (Wildman–Crippen LogP) is 1.79. The number of hydrogen-bond donors (Lipinski definition) is 1. The molecule has 1 fully saturated rings. The van der Waals surface area contributed by atoms with Gasteiger partial charge in [-0.05, 0) is 12.8 Å². The second kappa shape index (κ2) is 3.09. The van der Waals surface area contributed by atoms with Crippen LogP contribution in [0.25, 0.3) is 0 Å². The quantitative estimate of drug-likeness (QED) is 0.722. The Morgan fingerprint density at radius 3 is 2.67 bits per heavy atom. The molecule has 3 heteroatoms. The Labute approximate surface area is 72.2 Å². The molecule has 3 nitrogen and oxygen atoms in total. The standard InChI is InChI=1S/C9H13N3/c1-10-9-8(7-3-2-4-7)11-5-6-12-9/h5-7H,2-4H2,1H3,(H,10,12). The smallest absolute Gasteiger partial charge is 0.147 e. The van der Waals surface area contributed by atoms with Gasteiger partial charge in [0.05, 0.1) is 5.69 Å². The van der Waals surface area contributed by atoms with E-state index in [0.717, 1.165) is 11.5 Å². The maximum Gasteiger partial charge on any atom is 0.147 e. The summed E-state index contributed by atoms with van der Waals surface area (Å²) < 4.78 is 0. The van der Waals surface area contributed by atoms with Crippen molar-refractivity contribution in [2.45, 2.75) is 25.2 Å². The number of aromatic nitrogens is 2. The molecule has 64 valence electrons. The van der Waals surface area contributed by atoms with Crippen molar-refractivity contribution in [2.75, 3.05) is 12.4 Å². The first kappa shape index (κ1) is 7.53. The minimum Gasteiger partial charge on any atom is -0.372 e. The van der Waals surface area contributed by atoms with Gasteiger partial charge in [-0.2, -0.15) is 0 Å². The summed E-state index contributed by atoms with van der Waals surface area (Å²) in [5.74, 6) is 1.60. The van der Waals surface area contributed by atoms with E-state index in [4.69, 9.17) is 0 Å². The minimum atomic E-state index is 0.654. The van der Waals surface area contributed by atoms with Crippen molar-refractivity contribution in [3.63, 3.8) is 0 Å². The molecule has 1 aliphatic carbocycles. The molecule has 0 amide bonds. The first-order valence-electron chi connectivity index (χ1n) is 4.40. The number of nitrogens with zero attached hydrogens (tertiary/aromatic N) is 2. The maximum absolute atomic E-state index is 4.35. The fourth-order valence-corrected chi connectivity index (χ4v) is 1.52. The van der Waals surface area contributed by atoms with Crippen molar-refractivity contribution in [3.8, 4) is 0 Å². The molecule has 12 heavy (non-hydrogen) atoms. The van der Waals surface area contributed by atoms with Crippen molar-refractivity contribution >= 4 is 5.82 Å². The monoisotopic (exact) mass is 163 g/mol. The Hall–Kier alpha value is -1.12. The van der Waals surface area contributed by atoms with Gasteiger partial charge in [0, 0.05) is 25.4 Å². The van der Waals surface area contributed by atoms with Crippen LogP contribution in [0.1, 0.15) is 30.9 Å². The van der Waals surface area contributed by atoms with E-state index in [1.54, 1.807) is 12.4 Å². The molecular weight excluding hydrogens is 150 g/mol. The van der Waals surface area contributed by atoms with Crippen LogP contribution in [0.15, 0.2) is 12.4 Å². The lowest BCUT2D eigenvalue weighted by atomic mass is 9.83. The third-order valence-corrected chi connectivity index (χ3v) is 2.46. The third-order valence-electron chi connectivity index (χ3n) is 2.46. The second-order valence-electron chi connectivity index (χ2n) is 3.17. The van der Waals surface area contributed by atoms with E-state index in [-0.39, 0.29) is 0 Å². The van der Waals surface area contributed by atoms with Crippen molar-refractivity contribution < 1.29 is 0 Å². The zero-order valence-corrected chi connectivity index (χ0v) is 7.25. The summed E-state index contributed by atoms with van der Waals surface area (Å²) in [7, 11) is 1.90. The Morgan fingerprint density at radius 1 is 1.33 bits per heavy atom.